The molecular weight excluding hydrogens is 398 g/mol. The van der Waals surface area contributed by atoms with Gasteiger partial charge in [-0.3, -0.25) is 9.59 Å². The molecule has 4 aromatic rings. The van der Waals surface area contributed by atoms with Crippen LogP contribution in [0.15, 0.2) is 53.4 Å². The summed E-state index contributed by atoms with van der Waals surface area (Å²) < 4.78 is 1.89. The molecule has 2 amide bonds. The standard InChI is InChI=1S/C22H19N5O2S/c1-14(28)26-9-8-15-10-16(6-7-19(15)26)24-21(29)11-27-20-5-3-2-4-17(20)25-22(27)18-12-30-13-23-18/h2-7,10,12-13H,8-9,11H2,1H3,(H,24,29). The zero-order valence-corrected chi connectivity index (χ0v) is 17.1. The van der Waals surface area contributed by atoms with Crippen molar-refractivity contribution in [3.8, 4) is 11.5 Å². The van der Waals surface area contributed by atoms with E-state index in [1.54, 1.807) is 17.3 Å². The number of nitrogens with zero attached hydrogens (tertiary/aromatic N) is 4. The summed E-state index contributed by atoms with van der Waals surface area (Å²) >= 11 is 1.50. The van der Waals surface area contributed by atoms with Gasteiger partial charge in [-0.15, -0.1) is 11.3 Å². The molecule has 8 heteroatoms. The van der Waals surface area contributed by atoms with E-state index in [1.807, 2.05) is 52.4 Å². The lowest BCUT2D eigenvalue weighted by Crippen LogP contribution is -2.25. The predicted molar refractivity (Wildman–Crippen MR) is 118 cm³/mol. The molecule has 30 heavy (non-hydrogen) atoms. The van der Waals surface area contributed by atoms with Crippen LogP contribution < -0.4 is 10.2 Å². The van der Waals surface area contributed by atoms with Crippen molar-refractivity contribution in [2.75, 3.05) is 16.8 Å². The predicted octanol–water partition coefficient (Wildman–Crippen LogP) is 3.71. The Bertz CT molecular complexity index is 1260. The number of nitrogens with one attached hydrogen (secondary N) is 1. The Kier molecular flexibility index (Phi) is 4.55. The van der Waals surface area contributed by atoms with E-state index in [-0.39, 0.29) is 18.4 Å². The number of para-hydroxylation sites is 2. The van der Waals surface area contributed by atoms with Gasteiger partial charge >= 0.3 is 0 Å². The Morgan fingerprint density at radius 1 is 1.20 bits per heavy atom. The smallest absolute Gasteiger partial charge is 0.244 e. The first kappa shape index (κ1) is 18.5. The highest BCUT2D eigenvalue weighted by atomic mass is 32.1. The number of hydrogen-bond donors (Lipinski definition) is 1. The molecule has 0 radical (unpaired) electrons. The van der Waals surface area contributed by atoms with Crippen LogP contribution in [-0.4, -0.2) is 32.9 Å². The molecule has 2 aromatic heterocycles. The number of benzene rings is 2. The van der Waals surface area contributed by atoms with Crippen molar-refractivity contribution in [3.05, 3.63) is 58.9 Å². The van der Waals surface area contributed by atoms with Crippen LogP contribution in [0.5, 0.6) is 0 Å². The van der Waals surface area contributed by atoms with Crippen LogP contribution in [-0.2, 0) is 22.6 Å². The maximum Gasteiger partial charge on any atom is 0.244 e. The zero-order chi connectivity index (χ0) is 20.7. The molecule has 0 atom stereocenters. The number of rotatable bonds is 4. The molecule has 1 aliphatic rings. The molecule has 0 saturated heterocycles. The van der Waals surface area contributed by atoms with Gasteiger partial charge in [0, 0.05) is 30.2 Å². The third-order valence-electron chi connectivity index (χ3n) is 5.26. The molecule has 0 fully saturated rings. The quantitative estimate of drug-likeness (QED) is 0.549. The second-order valence-corrected chi connectivity index (χ2v) is 7.91. The minimum Gasteiger partial charge on any atom is -0.325 e. The summed E-state index contributed by atoms with van der Waals surface area (Å²) in [6.07, 6.45) is 0.790. The van der Waals surface area contributed by atoms with Crippen LogP contribution in [0, 0.1) is 0 Å². The van der Waals surface area contributed by atoms with E-state index >= 15 is 0 Å². The molecule has 5 rings (SSSR count). The van der Waals surface area contributed by atoms with Crippen LogP contribution in [0.3, 0.4) is 0 Å². The number of amides is 2. The minimum atomic E-state index is -0.143. The zero-order valence-electron chi connectivity index (χ0n) is 16.3. The fourth-order valence-electron chi connectivity index (χ4n) is 3.90. The van der Waals surface area contributed by atoms with E-state index in [0.717, 1.165) is 40.1 Å². The van der Waals surface area contributed by atoms with E-state index in [2.05, 4.69) is 15.3 Å². The molecule has 3 heterocycles. The molecule has 150 valence electrons. The van der Waals surface area contributed by atoms with E-state index in [1.165, 1.54) is 11.3 Å². The summed E-state index contributed by atoms with van der Waals surface area (Å²) in [5, 5.41) is 4.91. The number of fused-ring (bicyclic) bond motifs is 2. The van der Waals surface area contributed by atoms with Gasteiger partial charge in [0.2, 0.25) is 11.8 Å². The van der Waals surface area contributed by atoms with E-state index in [0.29, 0.717) is 12.4 Å². The maximum absolute atomic E-state index is 12.9. The van der Waals surface area contributed by atoms with E-state index in [9.17, 15) is 9.59 Å². The molecule has 0 aliphatic carbocycles. The first-order valence-corrected chi connectivity index (χ1v) is 10.6. The number of aromatic nitrogens is 3. The third kappa shape index (κ3) is 3.25. The normalized spacial score (nSPS) is 12.9. The SMILES string of the molecule is CC(=O)N1CCc2cc(NC(=O)Cn3c(-c4cscn4)nc4ccccc43)ccc21. The second kappa shape index (κ2) is 7.38. The van der Waals surface area contributed by atoms with Crippen LogP contribution in [0.25, 0.3) is 22.6 Å². The first-order chi connectivity index (χ1) is 14.6. The summed E-state index contributed by atoms with van der Waals surface area (Å²) in [4.78, 5) is 35.4. The summed E-state index contributed by atoms with van der Waals surface area (Å²) in [7, 11) is 0. The van der Waals surface area contributed by atoms with E-state index < -0.39 is 0 Å². The summed E-state index contributed by atoms with van der Waals surface area (Å²) in [5.41, 5.74) is 6.95. The lowest BCUT2D eigenvalue weighted by Gasteiger charge is -2.15. The van der Waals surface area contributed by atoms with Crippen LogP contribution in [0.4, 0.5) is 11.4 Å². The average molecular weight is 417 g/mol. The van der Waals surface area contributed by atoms with Crippen LogP contribution in [0.1, 0.15) is 12.5 Å². The van der Waals surface area contributed by atoms with Crippen molar-refractivity contribution in [3.63, 3.8) is 0 Å². The molecule has 2 aromatic carbocycles. The van der Waals surface area contributed by atoms with Crippen LogP contribution in [0.2, 0.25) is 0 Å². The Morgan fingerprint density at radius 3 is 2.87 bits per heavy atom. The van der Waals surface area contributed by atoms with Crippen molar-refractivity contribution in [2.45, 2.75) is 19.9 Å². The Morgan fingerprint density at radius 2 is 2.07 bits per heavy atom. The maximum atomic E-state index is 12.9. The monoisotopic (exact) mass is 417 g/mol. The van der Waals surface area contributed by atoms with Crippen molar-refractivity contribution in [1.82, 2.24) is 14.5 Å². The molecule has 1 aliphatic heterocycles. The van der Waals surface area contributed by atoms with Gasteiger partial charge in [0.1, 0.15) is 12.2 Å². The lowest BCUT2D eigenvalue weighted by atomic mass is 10.1. The van der Waals surface area contributed by atoms with Gasteiger partial charge < -0.3 is 14.8 Å². The van der Waals surface area contributed by atoms with Crippen molar-refractivity contribution < 1.29 is 9.59 Å². The van der Waals surface area contributed by atoms with Gasteiger partial charge in [-0.05, 0) is 42.3 Å². The highest BCUT2D eigenvalue weighted by Crippen LogP contribution is 2.31. The van der Waals surface area contributed by atoms with Gasteiger partial charge in [0.15, 0.2) is 5.82 Å². The van der Waals surface area contributed by atoms with Crippen molar-refractivity contribution >= 4 is 45.6 Å². The Balaban J connectivity index is 1.41. The third-order valence-corrected chi connectivity index (χ3v) is 5.84. The highest BCUT2D eigenvalue weighted by molar-refractivity contribution is 7.07. The average Bonchev–Trinajstić information content (AvgIpc) is 3.46. The Labute approximate surface area is 177 Å². The summed E-state index contributed by atoms with van der Waals surface area (Å²) in [6.45, 7) is 2.38. The fraction of sp³-hybridized carbons (Fsp3) is 0.182. The number of thiazole rings is 1. The van der Waals surface area contributed by atoms with Gasteiger partial charge in [0.05, 0.1) is 16.5 Å². The second-order valence-electron chi connectivity index (χ2n) is 7.20. The highest BCUT2D eigenvalue weighted by Gasteiger charge is 2.22. The number of hydrogen-bond acceptors (Lipinski definition) is 5. The topological polar surface area (TPSA) is 80.1 Å². The van der Waals surface area contributed by atoms with Gasteiger partial charge in [-0.1, -0.05) is 12.1 Å². The van der Waals surface area contributed by atoms with Gasteiger partial charge in [-0.2, -0.15) is 0 Å². The molecule has 1 N–H and O–H groups in total. The largest absolute Gasteiger partial charge is 0.325 e. The molecule has 0 bridgehead atoms. The summed E-state index contributed by atoms with van der Waals surface area (Å²) in [6, 6.07) is 13.4. The van der Waals surface area contributed by atoms with Gasteiger partial charge in [-0.25, -0.2) is 9.97 Å². The first-order valence-electron chi connectivity index (χ1n) is 9.65. The van der Waals surface area contributed by atoms with E-state index in [4.69, 9.17) is 0 Å². The lowest BCUT2D eigenvalue weighted by molar-refractivity contribution is -0.117. The number of imidazole rings is 1. The van der Waals surface area contributed by atoms with Crippen LogP contribution >= 0.6 is 11.3 Å². The minimum absolute atomic E-state index is 0.0343. The summed E-state index contributed by atoms with van der Waals surface area (Å²) in [5.74, 6) is 0.571. The molecule has 0 spiro atoms. The molecular formula is C22H19N5O2S. The molecule has 7 nitrogen and oxygen atoms in total. The Hall–Kier alpha value is -3.52. The fourth-order valence-corrected chi connectivity index (χ4v) is 4.44. The van der Waals surface area contributed by atoms with Gasteiger partial charge in [0.25, 0.3) is 0 Å². The number of carbonyl (C=O) groups excluding carboxylic acids is 2. The van der Waals surface area contributed by atoms with Crippen molar-refractivity contribution in [1.29, 1.82) is 0 Å². The number of carbonyl (C=O) groups is 2. The molecule has 0 saturated carbocycles. The number of anilines is 2. The van der Waals surface area contributed by atoms with Crippen molar-refractivity contribution in [2.24, 2.45) is 0 Å². The molecule has 0 unspecified atom stereocenters.